The lowest BCUT2D eigenvalue weighted by molar-refractivity contribution is -0.111. The summed E-state index contributed by atoms with van der Waals surface area (Å²) in [5.74, 6) is 1.03. The summed E-state index contributed by atoms with van der Waals surface area (Å²) in [5.41, 5.74) is 0. The molecule has 2 heteroatoms. The Kier molecular flexibility index (Phi) is 12.1. The Labute approximate surface area is 99.4 Å². The molecule has 90 valence electrons. The highest BCUT2D eigenvalue weighted by atomic mass is 32.2. The summed E-state index contributed by atoms with van der Waals surface area (Å²) in [6.45, 7) is 4.41. The van der Waals surface area contributed by atoms with Gasteiger partial charge in [-0.15, -0.1) is 0 Å². The molecule has 0 aliphatic rings. The van der Waals surface area contributed by atoms with Gasteiger partial charge in [0.05, 0.1) is 0 Å². The van der Waals surface area contributed by atoms with Crippen molar-refractivity contribution in [2.45, 2.75) is 71.6 Å². The van der Waals surface area contributed by atoms with Crippen LogP contribution < -0.4 is 0 Å². The molecular weight excluding hydrogens is 204 g/mol. The van der Waals surface area contributed by atoms with Crippen molar-refractivity contribution in [2.75, 3.05) is 5.75 Å². The van der Waals surface area contributed by atoms with Crippen molar-refractivity contribution in [3.05, 3.63) is 0 Å². The number of hydrogen-bond donors (Lipinski definition) is 0. The van der Waals surface area contributed by atoms with E-state index < -0.39 is 0 Å². The van der Waals surface area contributed by atoms with Gasteiger partial charge in [-0.2, -0.15) is 0 Å². The summed E-state index contributed by atoms with van der Waals surface area (Å²) in [6.07, 6.45) is 10.7. The first-order valence-corrected chi connectivity index (χ1v) is 7.45. The molecule has 0 rings (SSSR count). The second-order valence-electron chi connectivity index (χ2n) is 4.09. The predicted octanol–water partition coefficient (Wildman–Crippen LogP) is 4.80. The van der Waals surface area contributed by atoms with Gasteiger partial charge in [0.25, 0.3) is 0 Å². The van der Waals surface area contributed by atoms with Gasteiger partial charge >= 0.3 is 0 Å². The Morgan fingerprint density at radius 1 is 0.867 bits per heavy atom. The van der Waals surface area contributed by atoms with Crippen LogP contribution in [0.25, 0.3) is 0 Å². The van der Waals surface area contributed by atoms with Crippen LogP contribution >= 0.6 is 11.8 Å². The second kappa shape index (κ2) is 12.1. The summed E-state index contributed by atoms with van der Waals surface area (Å²) >= 11 is 1.55. The zero-order chi connectivity index (χ0) is 11.4. The first kappa shape index (κ1) is 15.0. The minimum Gasteiger partial charge on any atom is -0.287 e. The zero-order valence-corrected chi connectivity index (χ0v) is 11.2. The standard InChI is InChI=1S/C13H26OS/c1-3-5-7-9-11-13(14)15-12-10-8-6-4-2/h3-12H2,1-2H3. The molecule has 0 N–H and O–H groups in total. The highest BCUT2D eigenvalue weighted by molar-refractivity contribution is 8.13. The van der Waals surface area contributed by atoms with Gasteiger partial charge in [-0.3, -0.25) is 4.79 Å². The zero-order valence-electron chi connectivity index (χ0n) is 10.4. The molecule has 0 aliphatic carbocycles. The van der Waals surface area contributed by atoms with E-state index in [4.69, 9.17) is 0 Å². The van der Waals surface area contributed by atoms with Gasteiger partial charge < -0.3 is 0 Å². The van der Waals surface area contributed by atoms with E-state index in [0.29, 0.717) is 5.12 Å². The molecule has 0 spiro atoms. The molecule has 0 saturated carbocycles. The molecule has 0 amide bonds. The average Bonchev–Trinajstić information content (AvgIpc) is 2.24. The SMILES string of the molecule is CCCCCCSC(=O)CCCCCC. The van der Waals surface area contributed by atoms with Crippen LogP contribution in [-0.4, -0.2) is 10.9 Å². The minimum atomic E-state index is 0.405. The minimum absolute atomic E-state index is 0.405. The van der Waals surface area contributed by atoms with E-state index >= 15 is 0 Å². The van der Waals surface area contributed by atoms with Gasteiger partial charge in [0, 0.05) is 12.2 Å². The quantitative estimate of drug-likeness (QED) is 0.502. The van der Waals surface area contributed by atoms with E-state index in [1.807, 2.05) is 0 Å². The smallest absolute Gasteiger partial charge is 0.188 e. The Bertz CT molecular complexity index is 145. The predicted molar refractivity (Wildman–Crippen MR) is 70.4 cm³/mol. The van der Waals surface area contributed by atoms with Crippen LogP contribution in [0.4, 0.5) is 0 Å². The number of carbonyl (C=O) groups is 1. The van der Waals surface area contributed by atoms with Gasteiger partial charge in [0.1, 0.15) is 0 Å². The largest absolute Gasteiger partial charge is 0.287 e. The van der Waals surface area contributed by atoms with Crippen LogP contribution in [0.3, 0.4) is 0 Å². The van der Waals surface area contributed by atoms with Gasteiger partial charge in [0.15, 0.2) is 5.12 Å². The van der Waals surface area contributed by atoms with Crippen molar-refractivity contribution >= 4 is 16.9 Å². The van der Waals surface area contributed by atoms with E-state index in [1.54, 1.807) is 11.8 Å². The summed E-state index contributed by atoms with van der Waals surface area (Å²) in [7, 11) is 0. The maximum atomic E-state index is 11.4. The molecule has 0 aromatic heterocycles. The number of unbranched alkanes of at least 4 members (excludes halogenated alkanes) is 6. The third kappa shape index (κ3) is 11.9. The topological polar surface area (TPSA) is 17.1 Å². The Hall–Kier alpha value is 0.0200. The van der Waals surface area contributed by atoms with E-state index in [0.717, 1.165) is 18.6 Å². The fraction of sp³-hybridized carbons (Fsp3) is 0.923. The van der Waals surface area contributed by atoms with E-state index in [2.05, 4.69) is 13.8 Å². The number of carbonyl (C=O) groups excluding carboxylic acids is 1. The number of rotatable bonds is 10. The van der Waals surface area contributed by atoms with E-state index in [-0.39, 0.29) is 0 Å². The number of hydrogen-bond acceptors (Lipinski definition) is 2. The molecule has 0 aromatic rings. The maximum absolute atomic E-state index is 11.4. The summed E-state index contributed by atoms with van der Waals surface area (Å²) < 4.78 is 0. The highest BCUT2D eigenvalue weighted by Gasteiger charge is 2.01. The van der Waals surface area contributed by atoms with E-state index in [1.165, 1.54) is 44.9 Å². The first-order chi connectivity index (χ1) is 7.31. The third-order valence-corrected chi connectivity index (χ3v) is 3.51. The van der Waals surface area contributed by atoms with Gasteiger partial charge in [0.2, 0.25) is 0 Å². The maximum Gasteiger partial charge on any atom is 0.188 e. The van der Waals surface area contributed by atoms with Crippen LogP contribution in [0, 0.1) is 0 Å². The third-order valence-electron chi connectivity index (χ3n) is 2.50. The molecule has 0 bridgehead atoms. The van der Waals surface area contributed by atoms with Gasteiger partial charge in [-0.1, -0.05) is 64.1 Å². The van der Waals surface area contributed by atoms with Crippen molar-refractivity contribution < 1.29 is 4.79 Å². The van der Waals surface area contributed by atoms with Crippen molar-refractivity contribution in [3.63, 3.8) is 0 Å². The van der Waals surface area contributed by atoms with Crippen molar-refractivity contribution in [2.24, 2.45) is 0 Å². The molecule has 15 heavy (non-hydrogen) atoms. The fourth-order valence-corrected chi connectivity index (χ4v) is 2.35. The van der Waals surface area contributed by atoms with Gasteiger partial charge in [-0.05, 0) is 12.8 Å². The van der Waals surface area contributed by atoms with Crippen molar-refractivity contribution in [1.82, 2.24) is 0 Å². The summed E-state index contributed by atoms with van der Waals surface area (Å²) in [6, 6.07) is 0. The van der Waals surface area contributed by atoms with Crippen molar-refractivity contribution in [3.8, 4) is 0 Å². The molecule has 0 heterocycles. The monoisotopic (exact) mass is 230 g/mol. The molecule has 0 unspecified atom stereocenters. The lowest BCUT2D eigenvalue weighted by Gasteiger charge is -2.00. The normalized spacial score (nSPS) is 10.5. The molecular formula is C13H26OS. The highest BCUT2D eigenvalue weighted by Crippen LogP contribution is 2.13. The molecule has 0 atom stereocenters. The molecule has 1 nitrogen and oxygen atoms in total. The van der Waals surface area contributed by atoms with Crippen LogP contribution in [-0.2, 0) is 4.79 Å². The lowest BCUT2D eigenvalue weighted by Crippen LogP contribution is -1.93. The molecule has 0 fully saturated rings. The summed E-state index contributed by atoms with van der Waals surface area (Å²) in [5, 5.41) is 0.405. The van der Waals surface area contributed by atoms with Crippen LogP contribution in [0.15, 0.2) is 0 Å². The van der Waals surface area contributed by atoms with Crippen molar-refractivity contribution in [1.29, 1.82) is 0 Å². The van der Waals surface area contributed by atoms with Crippen LogP contribution in [0.2, 0.25) is 0 Å². The Morgan fingerprint density at radius 2 is 1.47 bits per heavy atom. The Balaban J connectivity index is 3.11. The van der Waals surface area contributed by atoms with E-state index in [9.17, 15) is 4.79 Å². The fourth-order valence-electron chi connectivity index (χ4n) is 1.48. The molecule has 0 aromatic carbocycles. The average molecular weight is 230 g/mol. The number of thioether (sulfide) groups is 1. The molecule has 0 aliphatic heterocycles. The van der Waals surface area contributed by atoms with Crippen LogP contribution in [0.1, 0.15) is 71.6 Å². The lowest BCUT2D eigenvalue weighted by atomic mass is 10.2. The van der Waals surface area contributed by atoms with Crippen LogP contribution in [0.5, 0.6) is 0 Å². The Morgan fingerprint density at radius 3 is 2.07 bits per heavy atom. The molecule has 0 saturated heterocycles. The molecule has 0 radical (unpaired) electrons. The second-order valence-corrected chi connectivity index (χ2v) is 5.24. The van der Waals surface area contributed by atoms with Gasteiger partial charge in [-0.25, -0.2) is 0 Å². The summed E-state index contributed by atoms with van der Waals surface area (Å²) in [4.78, 5) is 11.4. The first-order valence-electron chi connectivity index (χ1n) is 6.46.